The molecule has 9 nitrogen and oxygen atoms in total. The Balaban J connectivity index is 1.79. The number of pyridine rings is 1. The number of nitrogens with one attached hydrogen (secondary N) is 2. The number of aromatic nitrogens is 1. The number of hydrogen-bond donors (Lipinski definition) is 3. The lowest BCUT2D eigenvalue weighted by Gasteiger charge is -2.17. The van der Waals surface area contributed by atoms with E-state index in [1.807, 2.05) is 0 Å². The number of alkyl halides is 6. The third kappa shape index (κ3) is 8.26. The van der Waals surface area contributed by atoms with E-state index in [-0.39, 0.29) is 26.7 Å². The van der Waals surface area contributed by atoms with Crippen molar-refractivity contribution in [3.8, 4) is 11.3 Å². The van der Waals surface area contributed by atoms with Crippen LogP contribution in [-0.2, 0) is 31.5 Å². The molecule has 3 rings (SSSR count). The lowest BCUT2D eigenvalue weighted by atomic mass is 10.0. The molecule has 0 aliphatic carbocycles. The van der Waals surface area contributed by atoms with Crippen molar-refractivity contribution < 1.29 is 50.6 Å². The first-order valence-corrected chi connectivity index (χ1v) is 12.5. The normalized spacial score (nSPS) is 15.7. The molecular weight excluding hydrogens is 602 g/mol. The molecule has 0 unspecified atom stereocenters. The zero-order valence-electron chi connectivity index (χ0n) is 20.6. The molecule has 3 N–H and O–H groups in total. The minimum Gasteiger partial charge on any atom is -0.480 e. The van der Waals surface area contributed by atoms with Gasteiger partial charge in [0.1, 0.15) is 23.5 Å². The Morgan fingerprint density at radius 2 is 1.71 bits per heavy atom. The zero-order chi connectivity index (χ0) is 30.7. The fraction of sp³-hybridized carbons (Fsp3) is 0.250. The van der Waals surface area contributed by atoms with Crippen LogP contribution >= 0.6 is 24.0 Å². The average Bonchev–Trinajstić information content (AvgIpc) is 3.13. The maximum Gasteiger partial charge on any atom is 0.416 e. The second kappa shape index (κ2) is 12.3. The van der Waals surface area contributed by atoms with Crippen LogP contribution in [0.4, 0.5) is 26.3 Å². The standard InChI is InChI=1S/C24H18F6N4O5S2/c1-11(20(38)31-9-19(36)37)32-18(35)10-34-21(39)17(41-22(34)40)8-15-3-2-4-16(33-15)12-5-13(23(25,26)27)7-14(6-12)24(28,29)30/h2-8,11H,9-10H2,1H3,(H,31,38)(H,32,35)(H,36,37)/t11-/m1/s1. The summed E-state index contributed by atoms with van der Waals surface area (Å²) in [6, 6.07) is 3.82. The molecule has 0 radical (unpaired) electrons. The van der Waals surface area contributed by atoms with E-state index in [9.17, 15) is 45.5 Å². The van der Waals surface area contributed by atoms with Gasteiger partial charge < -0.3 is 15.7 Å². The van der Waals surface area contributed by atoms with Gasteiger partial charge in [0.15, 0.2) is 0 Å². The van der Waals surface area contributed by atoms with Crippen molar-refractivity contribution in [2.75, 3.05) is 13.1 Å². The summed E-state index contributed by atoms with van der Waals surface area (Å²) in [6.07, 6.45) is -8.89. The number of aliphatic carboxylic acids is 1. The van der Waals surface area contributed by atoms with E-state index in [4.69, 9.17) is 17.3 Å². The first-order chi connectivity index (χ1) is 19.0. The van der Waals surface area contributed by atoms with Gasteiger partial charge in [-0.1, -0.05) is 30.0 Å². The van der Waals surface area contributed by atoms with Crippen molar-refractivity contribution in [1.29, 1.82) is 0 Å². The van der Waals surface area contributed by atoms with Crippen molar-refractivity contribution >= 4 is 58.1 Å². The molecule has 1 fully saturated rings. The molecule has 1 saturated heterocycles. The van der Waals surface area contributed by atoms with Crippen LogP contribution in [0.25, 0.3) is 17.3 Å². The summed E-state index contributed by atoms with van der Waals surface area (Å²) in [5.41, 5.74) is -3.68. The van der Waals surface area contributed by atoms with Gasteiger partial charge in [0.05, 0.1) is 27.4 Å². The highest BCUT2D eigenvalue weighted by molar-refractivity contribution is 8.26. The molecule has 2 aromatic rings. The summed E-state index contributed by atoms with van der Waals surface area (Å²) >= 11 is 5.91. The Labute approximate surface area is 237 Å². The monoisotopic (exact) mass is 620 g/mol. The van der Waals surface area contributed by atoms with Gasteiger partial charge >= 0.3 is 18.3 Å². The number of thioether (sulfide) groups is 1. The molecule has 1 aliphatic heterocycles. The van der Waals surface area contributed by atoms with Gasteiger partial charge in [-0.25, -0.2) is 4.98 Å². The summed E-state index contributed by atoms with van der Waals surface area (Å²) in [5.74, 6) is -3.59. The van der Waals surface area contributed by atoms with Crippen LogP contribution in [0, 0.1) is 0 Å². The Morgan fingerprint density at radius 1 is 1.10 bits per heavy atom. The number of benzene rings is 1. The zero-order valence-corrected chi connectivity index (χ0v) is 22.2. The SMILES string of the molecule is C[C@@H](NC(=O)CN1C(=O)C(=Cc2cccc(-c3cc(C(F)(F)F)cc(C(F)(F)F)c3)n2)SC1=S)C(=O)NCC(=O)O. The molecule has 41 heavy (non-hydrogen) atoms. The Hall–Kier alpha value is -3.99. The van der Waals surface area contributed by atoms with Gasteiger partial charge in [-0.3, -0.25) is 24.1 Å². The van der Waals surface area contributed by atoms with Gasteiger partial charge in [-0.2, -0.15) is 26.3 Å². The number of halogens is 6. The smallest absolute Gasteiger partial charge is 0.416 e. The van der Waals surface area contributed by atoms with E-state index in [1.165, 1.54) is 31.2 Å². The number of amides is 3. The molecule has 2 heterocycles. The summed E-state index contributed by atoms with van der Waals surface area (Å²) in [7, 11) is 0. The summed E-state index contributed by atoms with van der Waals surface area (Å²) in [4.78, 5) is 52.6. The topological polar surface area (TPSA) is 129 Å². The van der Waals surface area contributed by atoms with Crippen molar-refractivity contribution in [1.82, 2.24) is 20.5 Å². The molecule has 1 atom stereocenters. The fourth-order valence-electron chi connectivity index (χ4n) is 3.38. The van der Waals surface area contributed by atoms with Crippen molar-refractivity contribution in [2.45, 2.75) is 25.3 Å². The lowest BCUT2D eigenvalue weighted by molar-refractivity contribution is -0.143. The number of carboxylic acid groups (broad SMARTS) is 1. The van der Waals surface area contributed by atoms with Crippen LogP contribution < -0.4 is 10.6 Å². The minimum absolute atomic E-state index is 0.00192. The average molecular weight is 621 g/mol. The molecule has 1 aliphatic rings. The Bertz CT molecular complexity index is 1410. The van der Waals surface area contributed by atoms with Gasteiger partial charge in [0.25, 0.3) is 5.91 Å². The number of hydrogen-bond acceptors (Lipinski definition) is 7. The van der Waals surface area contributed by atoms with Crippen LogP contribution in [0.1, 0.15) is 23.7 Å². The number of thiocarbonyl (C=S) groups is 1. The molecule has 0 bridgehead atoms. The highest BCUT2D eigenvalue weighted by Gasteiger charge is 2.37. The van der Waals surface area contributed by atoms with Crippen LogP contribution in [-0.4, -0.2) is 62.1 Å². The first kappa shape index (κ1) is 31.5. The molecule has 1 aromatic carbocycles. The van der Waals surface area contributed by atoms with E-state index >= 15 is 0 Å². The van der Waals surface area contributed by atoms with E-state index < -0.39 is 71.9 Å². The molecule has 17 heteroatoms. The van der Waals surface area contributed by atoms with Gasteiger partial charge in [0, 0.05) is 5.56 Å². The number of carbonyl (C=O) groups excluding carboxylic acids is 3. The molecule has 0 saturated carbocycles. The van der Waals surface area contributed by atoms with Gasteiger partial charge in [-0.15, -0.1) is 0 Å². The quantitative estimate of drug-likeness (QED) is 0.232. The van der Waals surface area contributed by atoms with E-state index in [0.29, 0.717) is 12.1 Å². The van der Waals surface area contributed by atoms with Crippen LogP contribution in [0.15, 0.2) is 41.3 Å². The minimum atomic E-state index is -5.05. The Morgan fingerprint density at radius 3 is 2.27 bits per heavy atom. The molecule has 0 spiro atoms. The Kier molecular flexibility index (Phi) is 9.43. The summed E-state index contributed by atoms with van der Waals surface area (Å²) in [5, 5.41) is 13.0. The summed E-state index contributed by atoms with van der Waals surface area (Å²) in [6.45, 7) is 0.0432. The molecule has 218 valence electrons. The highest BCUT2D eigenvalue weighted by atomic mass is 32.2. The lowest BCUT2D eigenvalue weighted by Crippen LogP contribution is -2.49. The summed E-state index contributed by atoms with van der Waals surface area (Å²) < 4.78 is 79.5. The maximum absolute atomic E-state index is 13.3. The maximum atomic E-state index is 13.3. The van der Waals surface area contributed by atoms with Crippen LogP contribution in [0.5, 0.6) is 0 Å². The van der Waals surface area contributed by atoms with Gasteiger partial charge in [0.2, 0.25) is 11.8 Å². The fourth-order valence-corrected chi connectivity index (χ4v) is 4.62. The largest absolute Gasteiger partial charge is 0.480 e. The third-order valence-corrected chi connectivity index (χ3v) is 6.67. The van der Waals surface area contributed by atoms with Crippen LogP contribution in [0.3, 0.4) is 0 Å². The number of carboxylic acids is 1. The van der Waals surface area contributed by atoms with Crippen molar-refractivity contribution in [3.05, 3.63) is 58.1 Å². The van der Waals surface area contributed by atoms with E-state index in [1.54, 1.807) is 0 Å². The van der Waals surface area contributed by atoms with E-state index in [0.717, 1.165) is 16.7 Å². The second-order valence-electron chi connectivity index (χ2n) is 8.41. The molecular formula is C24H18F6N4O5S2. The molecule has 3 amide bonds. The molecule has 1 aromatic heterocycles. The van der Waals surface area contributed by atoms with Gasteiger partial charge in [-0.05, 0) is 43.3 Å². The van der Waals surface area contributed by atoms with E-state index in [2.05, 4.69) is 15.6 Å². The first-order valence-electron chi connectivity index (χ1n) is 11.3. The predicted molar refractivity (Wildman–Crippen MR) is 138 cm³/mol. The number of nitrogens with zero attached hydrogens (tertiary/aromatic N) is 2. The second-order valence-corrected chi connectivity index (χ2v) is 10.1. The predicted octanol–water partition coefficient (Wildman–Crippen LogP) is 3.69. The highest BCUT2D eigenvalue weighted by Crippen LogP contribution is 2.38. The number of rotatable bonds is 8. The third-order valence-electron chi connectivity index (χ3n) is 5.29. The number of carbonyl (C=O) groups is 4. The van der Waals surface area contributed by atoms with Crippen LogP contribution in [0.2, 0.25) is 0 Å². The van der Waals surface area contributed by atoms with Crippen molar-refractivity contribution in [2.24, 2.45) is 0 Å². The van der Waals surface area contributed by atoms with Crippen molar-refractivity contribution in [3.63, 3.8) is 0 Å².